The Morgan fingerprint density at radius 2 is 2.10 bits per heavy atom. The van der Waals surface area contributed by atoms with Gasteiger partial charge in [0.1, 0.15) is 5.75 Å². The van der Waals surface area contributed by atoms with Gasteiger partial charge in [0.2, 0.25) is 0 Å². The molecule has 20 heavy (non-hydrogen) atoms. The summed E-state index contributed by atoms with van der Waals surface area (Å²) in [6, 6.07) is 6.82. The zero-order valence-electron chi connectivity index (χ0n) is 11.6. The second-order valence-electron chi connectivity index (χ2n) is 5.14. The predicted octanol–water partition coefficient (Wildman–Crippen LogP) is 2.09. The smallest absolute Gasteiger partial charge is 0.270 e. The molecule has 0 bridgehead atoms. The standard InChI is InChI=1S/C14H17N3O3/c1-16-7-5-14(10-15,6-8-16)12-9-11(17(18)19)3-4-13(12)20-2/h3-4,9H,5-8H2,1-2H3. The van der Waals surface area contributed by atoms with Crippen molar-refractivity contribution in [2.75, 3.05) is 27.2 Å². The van der Waals surface area contributed by atoms with Gasteiger partial charge in [-0.25, -0.2) is 0 Å². The molecule has 1 heterocycles. The van der Waals surface area contributed by atoms with Crippen molar-refractivity contribution in [2.24, 2.45) is 0 Å². The van der Waals surface area contributed by atoms with Gasteiger partial charge in [-0.2, -0.15) is 5.26 Å². The quantitative estimate of drug-likeness (QED) is 0.623. The molecule has 6 heteroatoms. The Balaban J connectivity index is 2.50. The third kappa shape index (κ3) is 2.45. The van der Waals surface area contributed by atoms with E-state index in [1.807, 2.05) is 7.05 Å². The highest BCUT2D eigenvalue weighted by atomic mass is 16.6. The lowest BCUT2D eigenvalue weighted by atomic mass is 9.73. The molecule has 0 atom stereocenters. The van der Waals surface area contributed by atoms with E-state index in [2.05, 4.69) is 11.0 Å². The summed E-state index contributed by atoms with van der Waals surface area (Å²) >= 11 is 0. The van der Waals surface area contributed by atoms with Crippen LogP contribution in [0.15, 0.2) is 18.2 Å². The van der Waals surface area contributed by atoms with E-state index in [1.165, 1.54) is 19.2 Å². The first-order valence-corrected chi connectivity index (χ1v) is 6.45. The Hall–Kier alpha value is -2.13. The van der Waals surface area contributed by atoms with Crippen LogP contribution in [0, 0.1) is 21.4 Å². The molecule has 0 spiro atoms. The van der Waals surface area contributed by atoms with Gasteiger partial charge in [-0.3, -0.25) is 10.1 Å². The second kappa shape index (κ2) is 5.47. The van der Waals surface area contributed by atoms with E-state index in [-0.39, 0.29) is 5.69 Å². The molecule has 0 aliphatic carbocycles. The Labute approximate surface area is 117 Å². The zero-order chi connectivity index (χ0) is 14.8. The van der Waals surface area contributed by atoms with E-state index in [0.717, 1.165) is 13.1 Å². The third-order valence-electron chi connectivity index (χ3n) is 3.96. The summed E-state index contributed by atoms with van der Waals surface area (Å²) in [6.07, 6.45) is 1.30. The summed E-state index contributed by atoms with van der Waals surface area (Å²) in [7, 11) is 3.52. The van der Waals surface area contributed by atoms with Gasteiger partial charge in [0, 0.05) is 17.7 Å². The number of hydrogen-bond donors (Lipinski definition) is 0. The molecule has 0 amide bonds. The summed E-state index contributed by atoms with van der Waals surface area (Å²) in [5, 5.41) is 20.6. The van der Waals surface area contributed by atoms with Crippen LogP contribution in [-0.4, -0.2) is 37.1 Å². The van der Waals surface area contributed by atoms with Gasteiger partial charge in [-0.1, -0.05) is 0 Å². The number of hydrogen-bond acceptors (Lipinski definition) is 5. The fraction of sp³-hybridized carbons (Fsp3) is 0.500. The van der Waals surface area contributed by atoms with Gasteiger partial charge >= 0.3 is 0 Å². The number of nitro benzene ring substituents is 1. The van der Waals surface area contributed by atoms with Gasteiger partial charge in [0.15, 0.2) is 0 Å². The lowest BCUT2D eigenvalue weighted by Gasteiger charge is -2.36. The summed E-state index contributed by atoms with van der Waals surface area (Å²) in [6.45, 7) is 1.58. The summed E-state index contributed by atoms with van der Waals surface area (Å²) in [4.78, 5) is 12.7. The minimum absolute atomic E-state index is 0.00523. The van der Waals surface area contributed by atoms with Crippen LogP contribution in [0.2, 0.25) is 0 Å². The lowest BCUT2D eigenvalue weighted by molar-refractivity contribution is -0.385. The first-order valence-electron chi connectivity index (χ1n) is 6.45. The first kappa shape index (κ1) is 14.3. The van der Waals surface area contributed by atoms with Crippen LogP contribution in [0.3, 0.4) is 0 Å². The highest BCUT2D eigenvalue weighted by Crippen LogP contribution is 2.41. The average Bonchev–Trinajstić information content (AvgIpc) is 2.48. The van der Waals surface area contributed by atoms with Crippen molar-refractivity contribution in [3.63, 3.8) is 0 Å². The van der Waals surface area contributed by atoms with Crippen LogP contribution < -0.4 is 4.74 Å². The number of nitro groups is 1. The van der Waals surface area contributed by atoms with Crippen molar-refractivity contribution in [3.8, 4) is 11.8 Å². The van der Waals surface area contributed by atoms with Crippen molar-refractivity contribution in [2.45, 2.75) is 18.3 Å². The molecule has 6 nitrogen and oxygen atoms in total. The van der Waals surface area contributed by atoms with E-state index in [0.29, 0.717) is 24.2 Å². The maximum Gasteiger partial charge on any atom is 0.270 e. The first-order chi connectivity index (χ1) is 9.52. The number of ether oxygens (including phenoxy) is 1. The van der Waals surface area contributed by atoms with Crippen molar-refractivity contribution in [1.82, 2.24) is 4.90 Å². The molecule has 1 aromatic rings. The SMILES string of the molecule is COc1ccc([N+](=O)[O-])cc1C1(C#N)CCN(C)CC1. The Morgan fingerprint density at radius 3 is 2.60 bits per heavy atom. The molecule has 0 unspecified atom stereocenters. The third-order valence-corrected chi connectivity index (χ3v) is 3.96. The molecule has 1 fully saturated rings. The van der Waals surface area contributed by atoms with Crippen molar-refractivity contribution in [1.29, 1.82) is 5.26 Å². The van der Waals surface area contributed by atoms with Gasteiger partial charge in [-0.05, 0) is 39.0 Å². The molecule has 2 rings (SSSR count). The van der Waals surface area contributed by atoms with E-state index >= 15 is 0 Å². The van der Waals surface area contributed by atoms with Crippen LogP contribution in [0.1, 0.15) is 18.4 Å². The molecule has 0 aromatic heterocycles. The highest BCUT2D eigenvalue weighted by Gasteiger charge is 2.38. The number of rotatable bonds is 3. The summed E-state index contributed by atoms with van der Waals surface area (Å²) in [5.41, 5.74) is -0.0803. The van der Waals surface area contributed by atoms with Crippen LogP contribution in [0.4, 0.5) is 5.69 Å². The molecule has 0 N–H and O–H groups in total. The number of piperidine rings is 1. The number of benzene rings is 1. The van der Waals surface area contributed by atoms with Crippen LogP contribution in [-0.2, 0) is 5.41 Å². The normalized spacial score (nSPS) is 18.2. The fourth-order valence-electron chi connectivity index (χ4n) is 2.63. The minimum Gasteiger partial charge on any atom is -0.496 e. The molecular weight excluding hydrogens is 258 g/mol. The minimum atomic E-state index is -0.704. The maximum atomic E-state index is 11.0. The largest absolute Gasteiger partial charge is 0.496 e. The van der Waals surface area contributed by atoms with Gasteiger partial charge < -0.3 is 9.64 Å². The fourth-order valence-corrected chi connectivity index (χ4v) is 2.63. The molecular formula is C14H17N3O3. The Morgan fingerprint density at radius 1 is 1.45 bits per heavy atom. The van der Waals surface area contributed by atoms with Gasteiger partial charge in [0.05, 0.1) is 23.5 Å². The molecule has 1 aliphatic heterocycles. The van der Waals surface area contributed by atoms with Gasteiger partial charge in [-0.15, -0.1) is 0 Å². The molecule has 0 saturated carbocycles. The van der Waals surface area contributed by atoms with E-state index in [1.54, 1.807) is 6.07 Å². The summed E-state index contributed by atoms with van der Waals surface area (Å²) < 4.78 is 5.30. The van der Waals surface area contributed by atoms with E-state index < -0.39 is 10.3 Å². The molecule has 106 valence electrons. The highest BCUT2D eigenvalue weighted by molar-refractivity contribution is 5.50. The Kier molecular flexibility index (Phi) is 3.91. The van der Waals surface area contributed by atoms with Crippen molar-refractivity contribution in [3.05, 3.63) is 33.9 Å². The Bertz CT molecular complexity index is 557. The van der Waals surface area contributed by atoms with E-state index in [9.17, 15) is 15.4 Å². The van der Waals surface area contributed by atoms with Crippen LogP contribution in [0.25, 0.3) is 0 Å². The number of nitriles is 1. The van der Waals surface area contributed by atoms with Crippen LogP contribution in [0.5, 0.6) is 5.75 Å². The molecule has 1 saturated heterocycles. The van der Waals surface area contributed by atoms with Crippen LogP contribution >= 0.6 is 0 Å². The second-order valence-corrected chi connectivity index (χ2v) is 5.14. The molecule has 0 radical (unpaired) electrons. The number of nitrogens with zero attached hydrogens (tertiary/aromatic N) is 3. The molecule has 1 aliphatic rings. The van der Waals surface area contributed by atoms with E-state index in [4.69, 9.17) is 4.74 Å². The predicted molar refractivity (Wildman–Crippen MR) is 73.7 cm³/mol. The number of likely N-dealkylation sites (tertiary alicyclic amines) is 1. The zero-order valence-corrected chi connectivity index (χ0v) is 11.6. The number of methoxy groups -OCH3 is 1. The van der Waals surface area contributed by atoms with Crippen molar-refractivity contribution >= 4 is 5.69 Å². The lowest BCUT2D eigenvalue weighted by Crippen LogP contribution is -2.40. The van der Waals surface area contributed by atoms with Gasteiger partial charge in [0.25, 0.3) is 5.69 Å². The summed E-state index contributed by atoms with van der Waals surface area (Å²) in [5.74, 6) is 0.543. The number of non-ortho nitro benzene ring substituents is 1. The monoisotopic (exact) mass is 275 g/mol. The maximum absolute atomic E-state index is 11.0. The van der Waals surface area contributed by atoms with Crippen molar-refractivity contribution < 1.29 is 9.66 Å². The topological polar surface area (TPSA) is 79.4 Å². The molecule has 1 aromatic carbocycles. The average molecular weight is 275 g/mol.